The smallest absolute Gasteiger partial charge is 0.422 e. The monoisotopic (exact) mass is 292 g/mol. The molecule has 0 radical (unpaired) electrons. The highest BCUT2D eigenvalue weighted by atomic mass is 19.4. The number of rotatable bonds is 4. The highest BCUT2D eigenvalue weighted by Crippen LogP contribution is 2.33. The molecule has 20 heavy (non-hydrogen) atoms. The Labute approximate surface area is 111 Å². The first-order chi connectivity index (χ1) is 9.11. The maximum Gasteiger partial charge on any atom is 0.422 e. The molecule has 0 saturated heterocycles. The molecule has 1 aromatic heterocycles. The van der Waals surface area contributed by atoms with Crippen LogP contribution < -0.4 is 5.32 Å². The number of alkyl halides is 3. The molecule has 110 valence electrons. The van der Waals surface area contributed by atoms with Gasteiger partial charge in [-0.2, -0.15) is 13.2 Å². The van der Waals surface area contributed by atoms with Crippen LogP contribution in [0.3, 0.4) is 0 Å². The van der Waals surface area contributed by atoms with Gasteiger partial charge in [-0.15, -0.1) is 0 Å². The van der Waals surface area contributed by atoms with Crippen molar-refractivity contribution < 1.29 is 32.6 Å². The van der Waals surface area contributed by atoms with E-state index >= 15 is 0 Å². The number of aromatic nitrogens is 1. The number of hydrogen-bond acceptors (Lipinski definition) is 5. The van der Waals surface area contributed by atoms with Crippen molar-refractivity contribution in [3.63, 3.8) is 0 Å². The van der Waals surface area contributed by atoms with Crippen molar-refractivity contribution in [1.82, 2.24) is 4.98 Å². The second-order valence-corrected chi connectivity index (χ2v) is 3.97. The molecule has 1 aromatic rings. The first kappa shape index (κ1) is 15.7. The van der Waals surface area contributed by atoms with Crippen molar-refractivity contribution in [3.05, 3.63) is 24.0 Å². The van der Waals surface area contributed by atoms with Gasteiger partial charge in [-0.05, 0) is 19.1 Å². The van der Waals surface area contributed by atoms with Gasteiger partial charge in [-0.25, -0.2) is 14.6 Å². The van der Waals surface area contributed by atoms with Gasteiger partial charge in [0.2, 0.25) is 5.54 Å². The molecule has 0 aliphatic heterocycles. The van der Waals surface area contributed by atoms with Gasteiger partial charge in [0.05, 0.1) is 7.11 Å². The lowest BCUT2D eigenvalue weighted by Gasteiger charge is -2.29. The number of esters is 1. The molecule has 0 aliphatic rings. The average Bonchev–Trinajstić information content (AvgIpc) is 2.36. The fourth-order valence-corrected chi connectivity index (χ4v) is 1.26. The van der Waals surface area contributed by atoms with E-state index in [1.807, 2.05) is 5.32 Å². The minimum atomic E-state index is -5.03. The molecule has 0 spiro atoms. The summed E-state index contributed by atoms with van der Waals surface area (Å²) < 4.78 is 42.8. The van der Waals surface area contributed by atoms with Gasteiger partial charge < -0.3 is 15.2 Å². The van der Waals surface area contributed by atoms with E-state index in [1.165, 1.54) is 0 Å². The zero-order valence-electron chi connectivity index (χ0n) is 10.5. The van der Waals surface area contributed by atoms with E-state index in [-0.39, 0.29) is 11.4 Å². The van der Waals surface area contributed by atoms with Crippen molar-refractivity contribution >= 4 is 17.6 Å². The lowest BCUT2D eigenvalue weighted by molar-refractivity contribution is -0.192. The van der Waals surface area contributed by atoms with E-state index in [0.29, 0.717) is 6.92 Å². The third kappa shape index (κ3) is 2.98. The molecular weight excluding hydrogens is 281 g/mol. The minimum Gasteiger partial charge on any atom is -0.479 e. The predicted molar refractivity (Wildman–Crippen MR) is 61.3 cm³/mol. The lowest BCUT2D eigenvalue weighted by atomic mass is 10.0. The summed E-state index contributed by atoms with van der Waals surface area (Å²) in [4.78, 5) is 25.7. The molecule has 9 heteroatoms. The van der Waals surface area contributed by atoms with Gasteiger partial charge in [0.25, 0.3) is 0 Å². The van der Waals surface area contributed by atoms with E-state index in [9.17, 15) is 22.8 Å². The summed E-state index contributed by atoms with van der Waals surface area (Å²) in [6.07, 6.45) is -3.97. The number of anilines is 1. The molecule has 1 unspecified atom stereocenters. The predicted octanol–water partition coefficient (Wildman–Crippen LogP) is 1.69. The number of carboxylic acid groups (broad SMARTS) is 1. The quantitative estimate of drug-likeness (QED) is 0.821. The average molecular weight is 292 g/mol. The van der Waals surface area contributed by atoms with Gasteiger partial charge in [0.1, 0.15) is 5.69 Å². The van der Waals surface area contributed by atoms with Crippen molar-refractivity contribution in [3.8, 4) is 0 Å². The zero-order valence-corrected chi connectivity index (χ0v) is 10.5. The van der Waals surface area contributed by atoms with Crippen LogP contribution in [-0.2, 0) is 9.53 Å². The summed E-state index contributed by atoms with van der Waals surface area (Å²) in [6.45, 7) is 0.480. The maximum atomic E-state index is 12.8. The number of halogens is 3. The molecule has 0 aliphatic carbocycles. The first-order valence-electron chi connectivity index (χ1n) is 5.24. The molecule has 0 bridgehead atoms. The Bertz CT molecular complexity index is 533. The van der Waals surface area contributed by atoms with Crippen LogP contribution >= 0.6 is 0 Å². The van der Waals surface area contributed by atoms with Crippen LogP contribution in [0.5, 0.6) is 0 Å². The number of nitrogens with zero attached hydrogens (tertiary/aromatic N) is 1. The summed E-state index contributed by atoms with van der Waals surface area (Å²) in [5.74, 6) is -2.95. The van der Waals surface area contributed by atoms with E-state index in [0.717, 1.165) is 25.4 Å². The fraction of sp³-hybridized carbons (Fsp3) is 0.364. The molecule has 1 heterocycles. The van der Waals surface area contributed by atoms with E-state index in [4.69, 9.17) is 5.11 Å². The number of hydrogen-bond donors (Lipinski definition) is 2. The van der Waals surface area contributed by atoms with E-state index in [1.54, 1.807) is 0 Å². The number of carbonyl (C=O) groups is 2. The largest absolute Gasteiger partial charge is 0.479 e. The van der Waals surface area contributed by atoms with Crippen LogP contribution in [-0.4, -0.2) is 40.9 Å². The first-order valence-corrected chi connectivity index (χ1v) is 5.24. The molecule has 0 fully saturated rings. The van der Waals surface area contributed by atoms with Crippen LogP contribution in [0.25, 0.3) is 0 Å². The van der Waals surface area contributed by atoms with Crippen LogP contribution in [0.2, 0.25) is 0 Å². The molecule has 6 nitrogen and oxygen atoms in total. The second-order valence-electron chi connectivity index (χ2n) is 3.97. The van der Waals surface area contributed by atoms with Crippen LogP contribution in [0.15, 0.2) is 18.3 Å². The summed E-state index contributed by atoms with van der Waals surface area (Å²) >= 11 is 0. The lowest BCUT2D eigenvalue weighted by Crippen LogP contribution is -2.55. The summed E-state index contributed by atoms with van der Waals surface area (Å²) in [5, 5.41) is 10.6. The standard InChI is InChI=1S/C11H11F3N2O4/c1-10(9(18)19,11(12,13)14)16-6-3-4-15-7(5-6)8(17)20-2/h3-5H,1-2H3,(H,15,16)(H,18,19). The number of methoxy groups -OCH3 is 1. The van der Waals surface area contributed by atoms with Crippen LogP contribution in [0.4, 0.5) is 18.9 Å². The molecule has 2 N–H and O–H groups in total. The number of ether oxygens (including phenoxy) is 1. The molecular formula is C11H11F3N2O4. The highest BCUT2D eigenvalue weighted by molar-refractivity contribution is 5.89. The zero-order chi connectivity index (χ0) is 15.6. The third-order valence-electron chi connectivity index (χ3n) is 2.54. The Morgan fingerprint density at radius 2 is 2.00 bits per heavy atom. The summed E-state index contributed by atoms with van der Waals surface area (Å²) in [5.41, 5.74) is -3.66. The SMILES string of the molecule is COC(=O)c1cc(NC(C)(C(=O)O)C(F)(F)F)ccn1. The number of nitrogens with one attached hydrogen (secondary N) is 1. The Hall–Kier alpha value is -2.32. The van der Waals surface area contributed by atoms with Crippen LogP contribution in [0.1, 0.15) is 17.4 Å². The van der Waals surface area contributed by atoms with Gasteiger partial charge in [-0.3, -0.25) is 0 Å². The fourth-order valence-electron chi connectivity index (χ4n) is 1.26. The van der Waals surface area contributed by atoms with Crippen LogP contribution in [0, 0.1) is 0 Å². The maximum absolute atomic E-state index is 12.8. The van der Waals surface area contributed by atoms with Crippen molar-refractivity contribution in [2.75, 3.05) is 12.4 Å². The number of carbonyl (C=O) groups excluding carboxylic acids is 1. The van der Waals surface area contributed by atoms with Crippen molar-refractivity contribution in [2.45, 2.75) is 18.6 Å². The summed E-state index contributed by atoms with van der Waals surface area (Å²) in [6, 6.07) is 2.08. The number of carboxylic acids is 1. The Kier molecular flexibility index (Phi) is 4.21. The molecule has 1 rings (SSSR count). The molecule has 0 saturated carbocycles. The van der Waals surface area contributed by atoms with E-state index in [2.05, 4.69) is 9.72 Å². The van der Waals surface area contributed by atoms with Gasteiger partial charge in [0, 0.05) is 11.9 Å². The van der Waals surface area contributed by atoms with Gasteiger partial charge in [0.15, 0.2) is 0 Å². The Morgan fingerprint density at radius 1 is 1.40 bits per heavy atom. The van der Waals surface area contributed by atoms with E-state index < -0.39 is 23.7 Å². The molecule has 0 amide bonds. The second kappa shape index (κ2) is 5.35. The highest BCUT2D eigenvalue weighted by Gasteiger charge is 2.57. The summed E-state index contributed by atoms with van der Waals surface area (Å²) in [7, 11) is 1.08. The Balaban J connectivity index is 3.14. The normalized spacial score (nSPS) is 14.2. The van der Waals surface area contributed by atoms with Gasteiger partial charge in [-0.1, -0.05) is 0 Å². The van der Waals surface area contributed by atoms with Crippen molar-refractivity contribution in [1.29, 1.82) is 0 Å². The van der Waals surface area contributed by atoms with Gasteiger partial charge >= 0.3 is 18.1 Å². The minimum absolute atomic E-state index is 0.220. The topological polar surface area (TPSA) is 88.5 Å². The number of aliphatic carboxylic acids is 1. The number of pyridine rings is 1. The Morgan fingerprint density at radius 3 is 2.45 bits per heavy atom. The molecule has 0 aromatic carbocycles. The third-order valence-corrected chi connectivity index (χ3v) is 2.54. The van der Waals surface area contributed by atoms with Crippen molar-refractivity contribution in [2.24, 2.45) is 0 Å². The molecule has 1 atom stereocenters.